The summed E-state index contributed by atoms with van der Waals surface area (Å²) in [6.07, 6.45) is 1.22. The first-order chi connectivity index (χ1) is 9.90. The Labute approximate surface area is 158 Å². The number of aliphatic imine (C=N–C) groups is 1. The molecule has 1 aromatic rings. The first-order valence-electron chi connectivity index (χ1n) is 6.41. The lowest BCUT2D eigenvalue weighted by Gasteiger charge is -2.11. The van der Waals surface area contributed by atoms with Gasteiger partial charge in [0.25, 0.3) is 0 Å². The summed E-state index contributed by atoms with van der Waals surface area (Å²) >= 11 is 7.54. The van der Waals surface area contributed by atoms with Crippen molar-refractivity contribution in [2.75, 3.05) is 37.9 Å². The minimum atomic E-state index is -2.95. The van der Waals surface area contributed by atoms with E-state index in [4.69, 9.17) is 11.6 Å². The fourth-order valence-corrected chi connectivity index (χ4v) is 2.81. The number of rotatable bonds is 7. The van der Waals surface area contributed by atoms with E-state index >= 15 is 0 Å². The zero-order valence-corrected chi connectivity index (χ0v) is 17.2. The number of halogens is 2. The van der Waals surface area contributed by atoms with Crippen molar-refractivity contribution in [2.24, 2.45) is 4.99 Å². The van der Waals surface area contributed by atoms with E-state index in [2.05, 4.69) is 15.6 Å². The normalized spacial score (nSPS) is 11.7. The molecule has 0 bridgehead atoms. The summed E-state index contributed by atoms with van der Waals surface area (Å²) in [6, 6.07) is 7.68. The van der Waals surface area contributed by atoms with E-state index in [1.807, 2.05) is 24.3 Å². The highest BCUT2D eigenvalue weighted by atomic mass is 127. The van der Waals surface area contributed by atoms with Crippen molar-refractivity contribution in [1.29, 1.82) is 0 Å². The molecule has 0 heterocycles. The van der Waals surface area contributed by atoms with Crippen molar-refractivity contribution in [1.82, 2.24) is 10.6 Å². The van der Waals surface area contributed by atoms with Crippen LogP contribution in [-0.4, -0.2) is 52.3 Å². The molecule has 0 aliphatic carbocycles. The van der Waals surface area contributed by atoms with Gasteiger partial charge in [-0.05, 0) is 24.3 Å². The Kier molecular flexibility index (Phi) is 11.3. The summed E-state index contributed by atoms with van der Waals surface area (Å²) in [5, 5.41) is 6.83. The maximum atomic E-state index is 11.0. The van der Waals surface area contributed by atoms with E-state index in [0.717, 1.165) is 22.2 Å². The number of hydrogen-bond donors (Lipinski definition) is 2. The second-order valence-electron chi connectivity index (χ2n) is 4.36. The predicted molar refractivity (Wildman–Crippen MR) is 107 cm³/mol. The molecule has 0 saturated carbocycles. The third-order valence-corrected chi connectivity index (χ3v) is 4.68. The molecular formula is C13H21ClIN3O2S2. The summed E-state index contributed by atoms with van der Waals surface area (Å²) in [4.78, 5) is 5.19. The molecule has 0 spiro atoms. The van der Waals surface area contributed by atoms with Gasteiger partial charge in [0.1, 0.15) is 9.84 Å². The van der Waals surface area contributed by atoms with Gasteiger partial charge in [-0.2, -0.15) is 0 Å². The van der Waals surface area contributed by atoms with Crippen molar-refractivity contribution >= 4 is 63.1 Å². The van der Waals surface area contributed by atoms with Gasteiger partial charge in [0.15, 0.2) is 5.96 Å². The molecule has 22 heavy (non-hydrogen) atoms. The van der Waals surface area contributed by atoms with Crippen LogP contribution in [0.5, 0.6) is 0 Å². The van der Waals surface area contributed by atoms with Crippen molar-refractivity contribution < 1.29 is 8.42 Å². The molecule has 0 aromatic heterocycles. The SMILES string of the molecule is CN=C(NCCSc1ccc(Cl)cc1)NCCS(C)(=O)=O.I. The van der Waals surface area contributed by atoms with E-state index in [0.29, 0.717) is 12.5 Å². The number of sulfone groups is 1. The Bertz CT molecular complexity index is 565. The fourth-order valence-electron chi connectivity index (χ4n) is 1.44. The maximum Gasteiger partial charge on any atom is 0.191 e. The highest BCUT2D eigenvalue weighted by Gasteiger charge is 2.03. The van der Waals surface area contributed by atoms with Gasteiger partial charge in [-0.3, -0.25) is 4.99 Å². The maximum absolute atomic E-state index is 11.0. The average Bonchev–Trinajstić information content (AvgIpc) is 2.42. The summed E-state index contributed by atoms with van der Waals surface area (Å²) in [7, 11) is -1.30. The van der Waals surface area contributed by atoms with Gasteiger partial charge in [0, 0.05) is 42.1 Å². The summed E-state index contributed by atoms with van der Waals surface area (Å²) in [5.74, 6) is 1.57. The fraction of sp³-hybridized carbons (Fsp3) is 0.462. The van der Waals surface area contributed by atoms with Gasteiger partial charge in [-0.15, -0.1) is 35.7 Å². The van der Waals surface area contributed by atoms with Gasteiger partial charge < -0.3 is 10.6 Å². The molecule has 9 heteroatoms. The molecule has 5 nitrogen and oxygen atoms in total. The highest BCUT2D eigenvalue weighted by Crippen LogP contribution is 2.19. The van der Waals surface area contributed by atoms with Gasteiger partial charge in [0.05, 0.1) is 5.75 Å². The van der Waals surface area contributed by atoms with Crippen molar-refractivity contribution in [2.45, 2.75) is 4.90 Å². The standard InChI is InChI=1S/C13H20ClN3O2S2.HI/c1-15-13(17-8-10-21(2,18)19)16-7-9-20-12-5-3-11(14)4-6-12;/h3-6H,7-10H2,1-2H3,(H2,15,16,17);1H. The lowest BCUT2D eigenvalue weighted by Crippen LogP contribution is -2.40. The minimum absolute atomic E-state index is 0. The van der Waals surface area contributed by atoms with Crippen molar-refractivity contribution in [3.8, 4) is 0 Å². The Balaban J connectivity index is 0.00000441. The van der Waals surface area contributed by atoms with Crippen LogP contribution < -0.4 is 10.6 Å². The summed E-state index contributed by atoms with van der Waals surface area (Å²) in [6.45, 7) is 1.08. The molecule has 126 valence electrons. The van der Waals surface area contributed by atoms with Crippen LogP contribution in [0.25, 0.3) is 0 Å². The van der Waals surface area contributed by atoms with Crippen LogP contribution >= 0.6 is 47.3 Å². The van der Waals surface area contributed by atoms with Crippen LogP contribution in [0.3, 0.4) is 0 Å². The van der Waals surface area contributed by atoms with Gasteiger partial charge in [0.2, 0.25) is 0 Å². The third-order valence-electron chi connectivity index (χ3n) is 2.47. The zero-order valence-electron chi connectivity index (χ0n) is 12.5. The van der Waals surface area contributed by atoms with Crippen molar-refractivity contribution in [3.05, 3.63) is 29.3 Å². The third kappa shape index (κ3) is 10.5. The molecule has 0 fully saturated rings. The molecular weight excluding hydrogens is 457 g/mol. The van der Waals surface area contributed by atoms with Gasteiger partial charge >= 0.3 is 0 Å². The Morgan fingerprint density at radius 3 is 2.36 bits per heavy atom. The molecule has 0 unspecified atom stereocenters. The molecule has 0 aliphatic rings. The predicted octanol–water partition coefficient (Wildman–Crippen LogP) is 2.26. The summed E-state index contributed by atoms with van der Waals surface area (Å²) in [5.41, 5.74) is 0. The largest absolute Gasteiger partial charge is 0.356 e. The topological polar surface area (TPSA) is 70.6 Å². The first kappa shape index (κ1) is 21.8. The quantitative estimate of drug-likeness (QED) is 0.207. The number of benzene rings is 1. The van der Waals surface area contributed by atoms with E-state index in [-0.39, 0.29) is 29.7 Å². The van der Waals surface area contributed by atoms with Crippen LogP contribution in [0, 0.1) is 0 Å². The Hall–Kier alpha value is -0.190. The zero-order chi connectivity index (χ0) is 15.7. The first-order valence-corrected chi connectivity index (χ1v) is 9.84. The lowest BCUT2D eigenvalue weighted by molar-refractivity contribution is 0.600. The molecule has 0 saturated heterocycles. The van der Waals surface area contributed by atoms with Crippen LogP contribution in [0.4, 0.5) is 0 Å². The van der Waals surface area contributed by atoms with Crippen molar-refractivity contribution in [3.63, 3.8) is 0 Å². The average molecular weight is 478 g/mol. The highest BCUT2D eigenvalue weighted by molar-refractivity contribution is 14.0. The number of nitrogens with one attached hydrogen (secondary N) is 2. The molecule has 0 amide bonds. The smallest absolute Gasteiger partial charge is 0.191 e. The van der Waals surface area contributed by atoms with Crippen LogP contribution in [-0.2, 0) is 9.84 Å². The number of thioether (sulfide) groups is 1. The molecule has 2 N–H and O–H groups in total. The minimum Gasteiger partial charge on any atom is -0.356 e. The van der Waals surface area contributed by atoms with E-state index in [9.17, 15) is 8.42 Å². The van der Waals surface area contributed by atoms with Gasteiger partial charge in [-0.1, -0.05) is 11.6 Å². The molecule has 1 rings (SSSR count). The molecule has 1 aromatic carbocycles. The Morgan fingerprint density at radius 1 is 1.23 bits per heavy atom. The summed E-state index contributed by atoms with van der Waals surface area (Å²) < 4.78 is 22.1. The second-order valence-corrected chi connectivity index (χ2v) is 8.22. The second kappa shape index (κ2) is 11.4. The number of nitrogens with zero attached hydrogens (tertiary/aromatic N) is 1. The van der Waals surface area contributed by atoms with Crippen LogP contribution in [0.15, 0.2) is 34.2 Å². The van der Waals surface area contributed by atoms with E-state index in [1.54, 1.807) is 18.8 Å². The lowest BCUT2D eigenvalue weighted by atomic mass is 10.4. The monoisotopic (exact) mass is 477 g/mol. The van der Waals surface area contributed by atoms with Crippen LogP contribution in [0.2, 0.25) is 5.02 Å². The van der Waals surface area contributed by atoms with Crippen LogP contribution in [0.1, 0.15) is 0 Å². The molecule has 0 aliphatic heterocycles. The number of guanidine groups is 1. The molecule has 0 radical (unpaired) electrons. The van der Waals surface area contributed by atoms with E-state index < -0.39 is 9.84 Å². The Morgan fingerprint density at radius 2 is 1.82 bits per heavy atom. The number of hydrogen-bond acceptors (Lipinski definition) is 4. The van der Waals surface area contributed by atoms with E-state index in [1.165, 1.54) is 6.26 Å². The molecule has 0 atom stereocenters. The van der Waals surface area contributed by atoms with Gasteiger partial charge in [-0.25, -0.2) is 8.42 Å².